The number of hydrogen-bond acceptors (Lipinski definition) is 6. The van der Waals surface area contributed by atoms with Crippen molar-refractivity contribution in [1.29, 1.82) is 0 Å². The number of methoxy groups -OCH3 is 1. The van der Waals surface area contributed by atoms with Gasteiger partial charge in [-0.05, 0) is 62.8 Å². The largest absolute Gasteiger partial charge is 0.433 e. The molecule has 1 aliphatic carbocycles. The van der Waals surface area contributed by atoms with Crippen LogP contribution in [0, 0.1) is 17.3 Å². The number of piperazine rings is 1. The van der Waals surface area contributed by atoms with Crippen LogP contribution >= 0.6 is 0 Å². The summed E-state index contributed by atoms with van der Waals surface area (Å²) < 4.78 is 50.6. The zero-order valence-corrected chi connectivity index (χ0v) is 20.5. The molecule has 194 valence electrons. The van der Waals surface area contributed by atoms with Gasteiger partial charge in [-0.1, -0.05) is 6.92 Å². The van der Waals surface area contributed by atoms with E-state index in [0.29, 0.717) is 31.5 Å². The Balaban J connectivity index is 1.23. The lowest BCUT2D eigenvalue weighted by Crippen LogP contribution is -2.53. The maximum atomic E-state index is 13.9. The standard InChI is InChI=1S/C25H35F3N4O3/c1-3-24(7-4-16(12-24)10-17-6-9-35-15-20(17)34-2)22(33)31-13-19-11-18(31)14-32(19)23-29-8-5-21(30-23)25(26,27)28/h5,8,16-20H,3-4,6-7,9-15H2,1-2H3/t16-,17+,18+,19+,20+,24-/m0/s1. The number of amides is 1. The van der Waals surface area contributed by atoms with Gasteiger partial charge < -0.3 is 19.3 Å². The number of anilines is 1. The van der Waals surface area contributed by atoms with Gasteiger partial charge in [-0.15, -0.1) is 0 Å². The zero-order valence-electron chi connectivity index (χ0n) is 20.5. The van der Waals surface area contributed by atoms with Crippen LogP contribution in [-0.2, 0) is 20.4 Å². The summed E-state index contributed by atoms with van der Waals surface area (Å²) in [6.45, 7) is 4.55. The number of rotatable bonds is 6. The van der Waals surface area contributed by atoms with Crippen molar-refractivity contribution < 1.29 is 27.4 Å². The van der Waals surface area contributed by atoms with E-state index >= 15 is 0 Å². The molecule has 0 aromatic carbocycles. The Labute approximate surface area is 204 Å². The highest BCUT2D eigenvalue weighted by atomic mass is 19.4. The lowest BCUT2D eigenvalue weighted by Gasteiger charge is -2.39. The second-order valence-electron chi connectivity index (χ2n) is 10.8. The van der Waals surface area contributed by atoms with E-state index in [1.54, 1.807) is 7.11 Å². The molecule has 0 unspecified atom stereocenters. The van der Waals surface area contributed by atoms with Crippen LogP contribution in [0.25, 0.3) is 0 Å². The number of carbonyl (C=O) groups excluding carboxylic acids is 1. The second-order valence-corrected chi connectivity index (χ2v) is 10.8. The van der Waals surface area contributed by atoms with Crippen molar-refractivity contribution in [2.75, 3.05) is 38.3 Å². The predicted molar refractivity (Wildman–Crippen MR) is 123 cm³/mol. The van der Waals surface area contributed by atoms with Gasteiger partial charge in [-0.3, -0.25) is 4.79 Å². The van der Waals surface area contributed by atoms with E-state index in [1.807, 2.05) is 9.80 Å². The van der Waals surface area contributed by atoms with E-state index in [2.05, 4.69) is 16.9 Å². The van der Waals surface area contributed by atoms with E-state index in [0.717, 1.165) is 63.8 Å². The molecule has 5 rings (SSSR count). The molecule has 4 heterocycles. The molecule has 3 aliphatic heterocycles. The SMILES string of the molecule is CC[C@]1(C(=O)N2C[C@H]3C[C@@H]2CN3c2nccc(C(F)(F)F)n2)CC[C@@H](C[C@H]2CCOC[C@H]2OC)C1. The van der Waals surface area contributed by atoms with E-state index < -0.39 is 11.9 Å². The summed E-state index contributed by atoms with van der Waals surface area (Å²) in [4.78, 5) is 25.6. The van der Waals surface area contributed by atoms with Gasteiger partial charge in [0.25, 0.3) is 0 Å². The first-order valence-corrected chi connectivity index (χ1v) is 12.8. The normalized spacial score (nSPS) is 35.2. The number of halogens is 3. The third kappa shape index (κ3) is 4.63. The second kappa shape index (κ2) is 9.50. The number of hydrogen-bond donors (Lipinski definition) is 0. The van der Waals surface area contributed by atoms with Crippen molar-refractivity contribution >= 4 is 11.9 Å². The quantitative estimate of drug-likeness (QED) is 0.595. The summed E-state index contributed by atoms with van der Waals surface area (Å²) in [5, 5.41) is 0. The van der Waals surface area contributed by atoms with Gasteiger partial charge in [0.15, 0.2) is 0 Å². The Morgan fingerprint density at radius 3 is 2.80 bits per heavy atom. The van der Waals surface area contributed by atoms with Crippen LogP contribution in [0.15, 0.2) is 12.3 Å². The Bertz CT molecular complexity index is 931. The van der Waals surface area contributed by atoms with Crippen LogP contribution in [0.4, 0.5) is 19.1 Å². The number of fused-ring (bicyclic) bond motifs is 2. The molecule has 1 aromatic heterocycles. The Kier molecular flexibility index (Phi) is 6.72. The number of carbonyl (C=O) groups is 1. The highest BCUT2D eigenvalue weighted by molar-refractivity contribution is 5.84. The maximum Gasteiger partial charge on any atom is 0.433 e. The van der Waals surface area contributed by atoms with Crippen molar-refractivity contribution in [1.82, 2.24) is 14.9 Å². The van der Waals surface area contributed by atoms with Crippen molar-refractivity contribution in [3.8, 4) is 0 Å². The Morgan fingerprint density at radius 2 is 2.11 bits per heavy atom. The molecule has 0 radical (unpaired) electrons. The molecular formula is C25H35F3N4O3. The number of nitrogens with zero attached hydrogens (tertiary/aromatic N) is 4. The lowest BCUT2D eigenvalue weighted by atomic mass is 9.79. The van der Waals surface area contributed by atoms with E-state index in [1.165, 1.54) is 0 Å². The number of aromatic nitrogens is 2. The molecule has 1 amide bonds. The monoisotopic (exact) mass is 496 g/mol. The minimum Gasteiger partial charge on any atom is -0.379 e. The van der Waals surface area contributed by atoms with Crippen LogP contribution in [0.1, 0.15) is 57.6 Å². The number of likely N-dealkylation sites (tertiary alicyclic amines) is 1. The van der Waals surface area contributed by atoms with Crippen molar-refractivity contribution in [2.45, 2.75) is 76.2 Å². The van der Waals surface area contributed by atoms with Crippen LogP contribution in [0.3, 0.4) is 0 Å². The third-order valence-electron chi connectivity index (χ3n) is 8.91. The third-order valence-corrected chi connectivity index (χ3v) is 8.91. The molecule has 0 spiro atoms. The molecule has 6 atom stereocenters. The maximum absolute atomic E-state index is 13.9. The van der Waals surface area contributed by atoms with Crippen LogP contribution < -0.4 is 4.90 Å². The van der Waals surface area contributed by atoms with Gasteiger partial charge in [0.2, 0.25) is 11.9 Å². The fourth-order valence-corrected chi connectivity index (χ4v) is 6.93. The van der Waals surface area contributed by atoms with Crippen molar-refractivity contribution in [2.24, 2.45) is 17.3 Å². The van der Waals surface area contributed by atoms with Gasteiger partial charge in [-0.25, -0.2) is 9.97 Å². The fourth-order valence-electron chi connectivity index (χ4n) is 6.93. The average molecular weight is 497 g/mol. The summed E-state index contributed by atoms with van der Waals surface area (Å²) in [7, 11) is 1.75. The summed E-state index contributed by atoms with van der Waals surface area (Å²) in [5.74, 6) is 1.32. The minimum atomic E-state index is -4.50. The van der Waals surface area contributed by atoms with E-state index in [-0.39, 0.29) is 35.5 Å². The Morgan fingerprint density at radius 1 is 1.29 bits per heavy atom. The molecule has 7 nitrogen and oxygen atoms in total. The fraction of sp³-hybridized carbons (Fsp3) is 0.800. The molecule has 10 heteroatoms. The summed E-state index contributed by atoms with van der Waals surface area (Å²) in [5.41, 5.74) is -1.26. The molecule has 4 aliphatic rings. The summed E-state index contributed by atoms with van der Waals surface area (Å²) >= 11 is 0. The first-order chi connectivity index (χ1) is 16.7. The minimum absolute atomic E-state index is 0.00137. The summed E-state index contributed by atoms with van der Waals surface area (Å²) in [6, 6.07) is 0.856. The molecule has 1 aromatic rings. The number of alkyl halides is 3. The van der Waals surface area contributed by atoms with Gasteiger partial charge in [0, 0.05) is 38.4 Å². The van der Waals surface area contributed by atoms with Crippen LogP contribution in [-0.4, -0.2) is 72.4 Å². The molecular weight excluding hydrogens is 461 g/mol. The highest BCUT2D eigenvalue weighted by Gasteiger charge is 2.53. The lowest BCUT2D eigenvalue weighted by molar-refractivity contribution is -0.143. The molecule has 2 bridgehead atoms. The van der Waals surface area contributed by atoms with Gasteiger partial charge in [-0.2, -0.15) is 13.2 Å². The molecule has 4 fully saturated rings. The van der Waals surface area contributed by atoms with Crippen LogP contribution in [0.5, 0.6) is 0 Å². The summed E-state index contributed by atoms with van der Waals surface area (Å²) in [6.07, 6.45) is 3.32. The molecule has 0 N–H and O–H groups in total. The van der Waals surface area contributed by atoms with Crippen molar-refractivity contribution in [3.63, 3.8) is 0 Å². The first-order valence-electron chi connectivity index (χ1n) is 12.8. The average Bonchev–Trinajstić information content (AvgIpc) is 3.58. The topological polar surface area (TPSA) is 67.8 Å². The highest BCUT2D eigenvalue weighted by Crippen LogP contribution is 2.50. The smallest absolute Gasteiger partial charge is 0.379 e. The first kappa shape index (κ1) is 24.7. The Hall–Kier alpha value is -1.94. The van der Waals surface area contributed by atoms with E-state index in [9.17, 15) is 18.0 Å². The molecule has 3 saturated heterocycles. The van der Waals surface area contributed by atoms with Gasteiger partial charge >= 0.3 is 6.18 Å². The van der Waals surface area contributed by atoms with E-state index in [4.69, 9.17) is 9.47 Å². The number of ether oxygens (including phenoxy) is 2. The predicted octanol–water partition coefficient (Wildman–Crippen LogP) is 3.92. The molecule has 1 saturated carbocycles. The zero-order chi connectivity index (χ0) is 24.8. The van der Waals surface area contributed by atoms with Crippen molar-refractivity contribution in [3.05, 3.63) is 18.0 Å². The van der Waals surface area contributed by atoms with Gasteiger partial charge in [0.05, 0.1) is 24.8 Å². The van der Waals surface area contributed by atoms with Crippen LogP contribution in [0.2, 0.25) is 0 Å². The molecule has 35 heavy (non-hydrogen) atoms. The van der Waals surface area contributed by atoms with Gasteiger partial charge in [0.1, 0.15) is 5.69 Å².